The molecule has 152 valence electrons. The minimum Gasteiger partial charge on any atom is -0.465 e. The van der Waals surface area contributed by atoms with Gasteiger partial charge in [-0.05, 0) is 39.2 Å². The van der Waals surface area contributed by atoms with Gasteiger partial charge in [-0.2, -0.15) is 0 Å². The number of guanidine groups is 1. The fraction of sp³-hybridized carbons (Fsp3) is 0.684. The average Bonchev–Trinajstić information content (AvgIpc) is 3.06. The van der Waals surface area contributed by atoms with E-state index in [9.17, 15) is 9.00 Å². The van der Waals surface area contributed by atoms with Crippen LogP contribution in [0.3, 0.4) is 0 Å². The Labute approximate surface area is 163 Å². The van der Waals surface area contributed by atoms with Gasteiger partial charge in [0.1, 0.15) is 23.6 Å². The quantitative estimate of drug-likeness (QED) is 0.417. The molecule has 1 aromatic rings. The Morgan fingerprint density at radius 2 is 2.19 bits per heavy atom. The number of furan rings is 1. The summed E-state index contributed by atoms with van der Waals surface area (Å²) in [5, 5.41) is 6.97. The first-order valence-electron chi connectivity index (χ1n) is 9.58. The first-order valence-corrected chi connectivity index (χ1v) is 11.0. The molecule has 2 N–H and O–H groups in total. The number of nitrogens with zero attached hydrogens (tertiary/aromatic N) is 1. The molecule has 0 saturated heterocycles. The highest BCUT2D eigenvalue weighted by Gasteiger charge is 2.26. The molecule has 7 nitrogen and oxygen atoms in total. The molecule has 0 spiro atoms. The molecule has 0 aromatic carbocycles. The first-order chi connectivity index (χ1) is 13.0. The normalized spacial score (nSPS) is 21.6. The van der Waals surface area contributed by atoms with Gasteiger partial charge in [-0.1, -0.05) is 13.3 Å². The Bertz CT molecular complexity index is 686. The second-order valence-corrected chi connectivity index (χ2v) is 8.67. The predicted octanol–water partition coefficient (Wildman–Crippen LogP) is 2.51. The van der Waals surface area contributed by atoms with E-state index in [-0.39, 0.29) is 11.3 Å². The number of methoxy groups -OCH3 is 1. The van der Waals surface area contributed by atoms with Crippen molar-refractivity contribution in [2.45, 2.75) is 64.3 Å². The van der Waals surface area contributed by atoms with E-state index in [1.54, 1.807) is 13.0 Å². The predicted molar refractivity (Wildman–Crippen MR) is 107 cm³/mol. The van der Waals surface area contributed by atoms with Crippen LogP contribution in [0.4, 0.5) is 0 Å². The van der Waals surface area contributed by atoms with Gasteiger partial charge in [0, 0.05) is 34.4 Å². The van der Waals surface area contributed by atoms with E-state index in [4.69, 9.17) is 9.15 Å². The number of rotatable bonds is 7. The first kappa shape index (κ1) is 21.5. The highest BCUT2D eigenvalue weighted by molar-refractivity contribution is 7.85. The summed E-state index contributed by atoms with van der Waals surface area (Å²) in [5.74, 6) is 2.15. The SMILES string of the molecule is CCNC(=NCc1cc(C(=O)OC)c(C)o1)NC1CCCC(S(=O)CC)C1. The Morgan fingerprint density at radius 1 is 1.41 bits per heavy atom. The van der Waals surface area contributed by atoms with Crippen molar-refractivity contribution in [1.29, 1.82) is 0 Å². The van der Waals surface area contributed by atoms with E-state index >= 15 is 0 Å². The van der Waals surface area contributed by atoms with Gasteiger partial charge in [0.25, 0.3) is 0 Å². The average molecular weight is 398 g/mol. The molecule has 3 unspecified atom stereocenters. The van der Waals surface area contributed by atoms with Crippen LogP contribution >= 0.6 is 0 Å². The second-order valence-electron chi connectivity index (χ2n) is 6.67. The number of hydrogen-bond acceptors (Lipinski definition) is 5. The van der Waals surface area contributed by atoms with E-state index < -0.39 is 16.8 Å². The van der Waals surface area contributed by atoms with E-state index in [0.29, 0.717) is 35.3 Å². The Balaban J connectivity index is 2.02. The smallest absolute Gasteiger partial charge is 0.341 e. The van der Waals surface area contributed by atoms with Gasteiger partial charge >= 0.3 is 5.97 Å². The van der Waals surface area contributed by atoms with Crippen molar-refractivity contribution in [3.05, 3.63) is 23.2 Å². The minimum absolute atomic E-state index is 0.263. The zero-order chi connectivity index (χ0) is 19.8. The van der Waals surface area contributed by atoms with Gasteiger partial charge in [-0.3, -0.25) is 4.21 Å². The van der Waals surface area contributed by atoms with E-state index in [0.717, 1.165) is 32.2 Å². The Hall–Kier alpha value is -1.83. The van der Waals surface area contributed by atoms with Crippen LogP contribution < -0.4 is 10.6 Å². The molecule has 1 heterocycles. The molecule has 2 rings (SSSR count). The summed E-state index contributed by atoms with van der Waals surface area (Å²) >= 11 is 0. The molecule has 0 radical (unpaired) electrons. The second kappa shape index (κ2) is 10.5. The van der Waals surface area contributed by atoms with Gasteiger partial charge in [0.2, 0.25) is 0 Å². The number of aliphatic imine (C=N–C) groups is 1. The van der Waals surface area contributed by atoms with Gasteiger partial charge < -0.3 is 19.8 Å². The maximum Gasteiger partial charge on any atom is 0.341 e. The Morgan fingerprint density at radius 3 is 2.85 bits per heavy atom. The minimum atomic E-state index is -0.751. The van der Waals surface area contributed by atoms with Gasteiger partial charge in [0.05, 0.1) is 7.11 Å². The zero-order valence-electron chi connectivity index (χ0n) is 16.7. The number of carbonyl (C=O) groups excluding carboxylic acids is 1. The van der Waals surface area contributed by atoms with Crippen LogP contribution in [0.25, 0.3) is 0 Å². The molecular weight excluding hydrogens is 366 g/mol. The summed E-state index contributed by atoms with van der Waals surface area (Å²) in [5.41, 5.74) is 0.429. The third-order valence-corrected chi connectivity index (χ3v) is 6.48. The topological polar surface area (TPSA) is 92.9 Å². The number of ether oxygens (including phenoxy) is 1. The lowest BCUT2D eigenvalue weighted by Crippen LogP contribution is -2.46. The molecule has 8 heteroatoms. The zero-order valence-corrected chi connectivity index (χ0v) is 17.5. The summed E-state index contributed by atoms with van der Waals surface area (Å²) < 4.78 is 22.5. The molecule has 1 aliphatic rings. The van der Waals surface area contributed by atoms with E-state index in [2.05, 4.69) is 15.6 Å². The highest BCUT2D eigenvalue weighted by Crippen LogP contribution is 2.23. The summed E-state index contributed by atoms with van der Waals surface area (Å²) in [6, 6.07) is 1.94. The standard InChI is InChI=1S/C19H31N3O4S/c1-5-20-19(22-14-8-7-9-16(10-14)27(24)6-2)21-12-15-11-17(13(3)26-15)18(23)25-4/h11,14,16H,5-10,12H2,1-4H3,(H2,20,21,22). The van der Waals surface area contributed by atoms with Crippen molar-refractivity contribution < 1.29 is 18.2 Å². The molecule has 0 aliphatic heterocycles. The number of esters is 1. The van der Waals surface area contributed by atoms with Gasteiger partial charge in [0.15, 0.2) is 5.96 Å². The lowest BCUT2D eigenvalue weighted by Gasteiger charge is -2.30. The summed E-state index contributed by atoms with van der Waals surface area (Å²) in [4.78, 5) is 16.3. The van der Waals surface area contributed by atoms with Gasteiger partial charge in [-0.15, -0.1) is 0 Å². The van der Waals surface area contributed by atoms with Crippen LogP contribution in [-0.2, 0) is 22.1 Å². The number of aryl methyl sites for hydroxylation is 1. The molecule has 27 heavy (non-hydrogen) atoms. The summed E-state index contributed by atoms with van der Waals surface area (Å²) in [6.45, 7) is 6.79. The summed E-state index contributed by atoms with van der Waals surface area (Å²) in [6.07, 6.45) is 4.06. The van der Waals surface area contributed by atoms with Crippen LogP contribution in [0.2, 0.25) is 0 Å². The monoisotopic (exact) mass is 397 g/mol. The number of nitrogens with one attached hydrogen (secondary N) is 2. The van der Waals surface area contributed by atoms with E-state index in [1.807, 2.05) is 13.8 Å². The molecule has 1 aromatic heterocycles. The number of hydrogen-bond donors (Lipinski definition) is 2. The molecule has 1 fully saturated rings. The van der Waals surface area contributed by atoms with Crippen LogP contribution in [0, 0.1) is 6.92 Å². The Kier molecular flexibility index (Phi) is 8.34. The van der Waals surface area contributed by atoms with Crippen molar-refractivity contribution in [1.82, 2.24) is 10.6 Å². The van der Waals surface area contributed by atoms with Gasteiger partial charge in [-0.25, -0.2) is 9.79 Å². The van der Waals surface area contributed by atoms with Crippen molar-refractivity contribution in [3.63, 3.8) is 0 Å². The maximum absolute atomic E-state index is 12.1. The molecule has 1 saturated carbocycles. The van der Waals surface area contributed by atoms with E-state index in [1.165, 1.54) is 7.11 Å². The maximum atomic E-state index is 12.1. The molecule has 1 aliphatic carbocycles. The third kappa shape index (κ3) is 6.09. The molecular formula is C19H31N3O4S. The lowest BCUT2D eigenvalue weighted by atomic mass is 9.95. The van der Waals surface area contributed by atoms with Crippen molar-refractivity contribution in [2.24, 2.45) is 4.99 Å². The fourth-order valence-corrected chi connectivity index (χ4v) is 4.70. The van der Waals surface area contributed by atoms with Crippen molar-refractivity contribution >= 4 is 22.7 Å². The largest absolute Gasteiger partial charge is 0.465 e. The molecule has 0 amide bonds. The van der Waals surface area contributed by atoms with Crippen LogP contribution in [0.5, 0.6) is 0 Å². The molecule has 3 atom stereocenters. The third-order valence-electron chi connectivity index (χ3n) is 4.73. The van der Waals surface area contributed by atoms with Crippen LogP contribution in [-0.4, -0.2) is 46.8 Å². The van der Waals surface area contributed by atoms with Crippen molar-refractivity contribution in [2.75, 3.05) is 19.4 Å². The fourth-order valence-electron chi connectivity index (χ4n) is 3.36. The summed E-state index contributed by atoms with van der Waals surface area (Å²) in [7, 11) is 0.599. The lowest BCUT2D eigenvalue weighted by molar-refractivity contribution is 0.0599. The molecule has 0 bridgehead atoms. The van der Waals surface area contributed by atoms with Crippen molar-refractivity contribution in [3.8, 4) is 0 Å². The van der Waals surface area contributed by atoms with Crippen LogP contribution in [0.1, 0.15) is 61.4 Å². The number of carbonyl (C=O) groups is 1. The van der Waals surface area contributed by atoms with Crippen LogP contribution in [0.15, 0.2) is 15.5 Å². The highest BCUT2D eigenvalue weighted by atomic mass is 32.2.